The third-order valence-electron chi connectivity index (χ3n) is 6.37. The van der Waals surface area contributed by atoms with Crippen molar-refractivity contribution in [2.45, 2.75) is 38.1 Å². The topological polar surface area (TPSA) is 286 Å². The van der Waals surface area contributed by atoms with Crippen LogP contribution >= 0.6 is 120 Å². The van der Waals surface area contributed by atoms with Gasteiger partial charge in [0, 0.05) is 6.07 Å². The zero-order valence-corrected chi connectivity index (χ0v) is 43.4. The molecular weight excluding hydrogens is 1530 g/mol. The first kappa shape index (κ1) is 61.8. The molecular formula is C27H12Cl3F11I4O16S4. The molecule has 4 rings (SSSR count). The molecule has 0 aliphatic heterocycles. The summed E-state index contributed by atoms with van der Waals surface area (Å²) in [5, 5.41) is -0.607. The van der Waals surface area contributed by atoms with E-state index in [-0.39, 0.29) is 40.4 Å². The van der Waals surface area contributed by atoms with E-state index < -0.39 is 199 Å². The number of alkyl halides is 9. The largest absolute Gasteiger partial charge is 0.417 e. The summed E-state index contributed by atoms with van der Waals surface area (Å²) in [4.78, 5) is -4.25. The normalized spacial score (nSPS) is 12.5. The molecule has 4 N–H and O–H groups in total. The Bertz CT molecular complexity index is 3000. The maximum absolute atomic E-state index is 12.9. The van der Waals surface area contributed by atoms with Crippen LogP contribution < -0.4 is 0 Å². The van der Waals surface area contributed by atoms with E-state index in [0.29, 0.717) is 18.2 Å². The van der Waals surface area contributed by atoms with Crippen LogP contribution in [0.15, 0.2) is 68.1 Å². The molecule has 0 aromatic heterocycles. The average molecular weight is 1540 g/mol. The fraction of sp³-hybridized carbons (Fsp3) is 0.111. The van der Waals surface area contributed by atoms with E-state index in [9.17, 15) is 94.2 Å². The second-order valence-corrected chi connectivity index (χ2v) is 23.6. The third kappa shape index (κ3) is 17.9. The van der Waals surface area contributed by atoms with E-state index in [1.807, 2.05) is 0 Å². The highest BCUT2D eigenvalue weighted by Gasteiger charge is 2.42. The van der Waals surface area contributed by atoms with Crippen LogP contribution in [0, 0.1) is 25.9 Å². The number of halogens is 18. The minimum Gasteiger partial charge on any atom is -0.282 e. The van der Waals surface area contributed by atoms with Gasteiger partial charge in [0.25, 0.3) is 40.5 Å². The molecule has 0 aliphatic carbocycles. The summed E-state index contributed by atoms with van der Waals surface area (Å²) in [6.07, 6.45) is -15.3. The summed E-state index contributed by atoms with van der Waals surface area (Å²) in [6.45, 7) is 0. The monoisotopic (exact) mass is 1540 g/mol. The van der Waals surface area contributed by atoms with Crippen LogP contribution in [0.3, 0.4) is 0 Å². The highest BCUT2D eigenvalue weighted by molar-refractivity contribution is 14.2. The van der Waals surface area contributed by atoms with E-state index in [0.717, 1.165) is 6.07 Å². The number of hydrogen-bond donors (Lipinski definition) is 4. The SMILES string of the molecule is O=Ic1c(C(F)(F)F)cc(C(F)(F)F)cc1S(=O)(=O)O.O=Ic1c(Cl)cc(Cl)c(Cl)c1S(=O)(=O)O.O=Ic1c(F)cc(F)cc1S(=O)(=O)O.O=Ic1ccc(C(F)(F)F)cc1S(=O)(=O)O. The molecule has 0 amide bonds. The van der Waals surface area contributed by atoms with Gasteiger partial charge in [0.15, 0.2) is 84.8 Å². The van der Waals surface area contributed by atoms with Crippen molar-refractivity contribution in [2.75, 3.05) is 0 Å². The molecule has 0 spiro atoms. The highest BCUT2D eigenvalue weighted by atomic mass is 127. The number of benzene rings is 4. The maximum atomic E-state index is 12.9. The molecule has 0 unspecified atom stereocenters. The minimum atomic E-state index is -5.38. The molecule has 4 aromatic carbocycles. The van der Waals surface area contributed by atoms with E-state index in [1.165, 1.54) is 6.07 Å². The molecule has 4 aromatic rings. The van der Waals surface area contributed by atoms with Crippen molar-refractivity contribution in [2.24, 2.45) is 0 Å². The predicted molar refractivity (Wildman–Crippen MR) is 229 cm³/mol. The quantitative estimate of drug-likeness (QED) is 0.0552. The average Bonchev–Trinajstić information content (AvgIpc) is 3.13. The molecule has 0 bridgehead atoms. The fourth-order valence-corrected chi connectivity index (χ4v) is 15.2. The molecule has 366 valence electrons. The summed E-state index contributed by atoms with van der Waals surface area (Å²) in [7, 11) is -19.5. The summed E-state index contributed by atoms with van der Waals surface area (Å²) in [5.41, 5.74) is -5.14. The zero-order chi connectivity index (χ0) is 51.2. The second kappa shape index (κ2) is 23.6. The van der Waals surface area contributed by atoms with E-state index in [2.05, 4.69) is 0 Å². The molecule has 0 radical (unpaired) electrons. The lowest BCUT2D eigenvalue weighted by molar-refractivity contribution is -0.144. The molecule has 65 heavy (non-hydrogen) atoms. The zero-order valence-electron chi connectivity index (χ0n) is 29.2. The highest BCUT2D eigenvalue weighted by Crippen LogP contribution is 2.42. The lowest BCUT2D eigenvalue weighted by Crippen LogP contribution is -2.16. The Balaban J connectivity index is 0.000000437. The van der Waals surface area contributed by atoms with Crippen LogP contribution in [0.1, 0.15) is 16.7 Å². The standard InChI is InChI=1S/C8H3F6IO4S.C7H4F3IO4S.C6H2Cl3IO4S.C6H3F2IO4S/c9-7(10,11)3-1-4(8(12,13)14)6(15-16)5(2-3)20(17,18)19;8-7(9,10)4-1-2-5(11-12)6(3-4)16(13,14)15;7-2-1-3(8)5(10-11)6(4(2)9)15(12,13)14;7-3-1-4(8)6(9-10)5(2-3)14(11,12)13/h1-2H,(H,17,18,19);1-3H,(H,13,14,15);1H,(H,12,13,14);1-2H,(H,11,12,13). The van der Waals surface area contributed by atoms with Crippen molar-refractivity contribution in [3.05, 3.63) is 106 Å². The van der Waals surface area contributed by atoms with Gasteiger partial charge in [-0.15, -0.1) is 0 Å². The third-order valence-corrected chi connectivity index (χ3v) is 19.0. The Morgan fingerprint density at radius 1 is 0.462 bits per heavy atom. The van der Waals surface area contributed by atoms with Crippen LogP contribution in [-0.4, -0.2) is 51.9 Å². The van der Waals surface area contributed by atoms with Crippen molar-refractivity contribution in [1.29, 1.82) is 0 Å². The van der Waals surface area contributed by atoms with E-state index in [1.54, 1.807) is 0 Å². The van der Waals surface area contributed by atoms with Crippen molar-refractivity contribution in [3.63, 3.8) is 0 Å². The smallest absolute Gasteiger partial charge is 0.282 e. The summed E-state index contributed by atoms with van der Waals surface area (Å²) in [5.74, 6) is -2.39. The Kier molecular flexibility index (Phi) is 22.4. The molecule has 38 heteroatoms. The lowest BCUT2D eigenvalue weighted by Gasteiger charge is -2.15. The molecule has 0 saturated carbocycles. The van der Waals surface area contributed by atoms with Crippen molar-refractivity contribution >= 4 is 160 Å². The van der Waals surface area contributed by atoms with Gasteiger partial charge < -0.3 is 0 Å². The van der Waals surface area contributed by atoms with E-state index >= 15 is 0 Å². The van der Waals surface area contributed by atoms with Gasteiger partial charge in [-0.3, -0.25) is 30.5 Å². The van der Waals surface area contributed by atoms with Gasteiger partial charge in [0.2, 0.25) is 0 Å². The van der Waals surface area contributed by atoms with Gasteiger partial charge >= 0.3 is 18.5 Å². The van der Waals surface area contributed by atoms with Crippen LogP contribution in [0.25, 0.3) is 0 Å². The number of rotatable bonds is 8. The second-order valence-electron chi connectivity index (χ2n) is 10.7. The Labute approximate surface area is 412 Å². The predicted octanol–water partition coefficient (Wildman–Crippen LogP) is 11.0. The Morgan fingerprint density at radius 2 is 0.892 bits per heavy atom. The van der Waals surface area contributed by atoms with Gasteiger partial charge in [-0.25, -0.2) is 8.78 Å². The summed E-state index contributed by atoms with van der Waals surface area (Å²) >= 11 is 7.96. The molecule has 0 fully saturated rings. The Morgan fingerprint density at radius 3 is 1.26 bits per heavy atom. The van der Waals surface area contributed by atoms with Crippen LogP contribution in [0.5, 0.6) is 0 Å². The minimum absolute atomic E-state index is 0.0974. The van der Waals surface area contributed by atoms with E-state index in [4.69, 9.17) is 53.0 Å². The molecule has 0 atom stereocenters. The van der Waals surface area contributed by atoms with Gasteiger partial charge in [0.1, 0.15) is 34.8 Å². The van der Waals surface area contributed by atoms with Crippen LogP contribution in [-0.2, 0) is 71.3 Å². The van der Waals surface area contributed by atoms with Crippen LogP contribution in [0.2, 0.25) is 15.1 Å². The first-order valence-corrected chi connectivity index (χ1v) is 29.0. The van der Waals surface area contributed by atoms with Crippen LogP contribution in [0.4, 0.5) is 48.3 Å². The number of hydrogen-bond acceptors (Lipinski definition) is 12. The van der Waals surface area contributed by atoms with Gasteiger partial charge in [0.05, 0.1) is 42.5 Å². The van der Waals surface area contributed by atoms with Crippen molar-refractivity contribution in [1.82, 2.24) is 0 Å². The Hall–Kier alpha value is -1.26. The first-order chi connectivity index (χ1) is 29.1. The molecule has 0 saturated heterocycles. The summed E-state index contributed by atoms with van der Waals surface area (Å²) in [6, 6.07) is 3.13. The van der Waals surface area contributed by atoms with Gasteiger partial charge in [-0.05, 0) is 42.5 Å². The summed E-state index contributed by atoms with van der Waals surface area (Å²) < 4.78 is 299. The van der Waals surface area contributed by atoms with Gasteiger partial charge in [-0.2, -0.15) is 73.2 Å². The van der Waals surface area contributed by atoms with Crippen molar-refractivity contribution in [3.8, 4) is 0 Å². The molecule has 0 aliphatic rings. The van der Waals surface area contributed by atoms with Gasteiger partial charge in [-0.1, -0.05) is 34.8 Å². The molecule has 0 heterocycles. The molecule has 16 nitrogen and oxygen atoms in total. The maximum Gasteiger partial charge on any atom is 0.417 e. The first-order valence-electron chi connectivity index (χ1n) is 14.3. The lowest BCUT2D eigenvalue weighted by atomic mass is 10.1. The fourth-order valence-electron chi connectivity index (χ4n) is 3.82. The van der Waals surface area contributed by atoms with Crippen molar-refractivity contribution < 1.29 is 112 Å².